The minimum Gasteiger partial charge on any atom is -0.394 e. The van der Waals surface area contributed by atoms with Crippen LogP contribution in [-0.4, -0.2) is 34.9 Å². The van der Waals surface area contributed by atoms with Gasteiger partial charge in [-0.25, -0.2) is 0 Å². The van der Waals surface area contributed by atoms with Crippen LogP contribution in [0.1, 0.15) is 200 Å². The third kappa shape index (κ3) is 49.1. The average Bonchev–Trinajstić information content (AvgIpc) is 3.29. The lowest BCUT2D eigenvalue weighted by atomic mass is 10.1. The summed E-state index contributed by atoms with van der Waals surface area (Å²) in [6, 6.07) is -0.652. The van der Waals surface area contributed by atoms with Crippen LogP contribution in [0.15, 0.2) is 146 Å². The largest absolute Gasteiger partial charge is 0.394 e. The lowest BCUT2D eigenvalue weighted by Crippen LogP contribution is -2.45. The van der Waals surface area contributed by atoms with Crippen LogP contribution >= 0.6 is 0 Å². The Morgan fingerprint density at radius 1 is 0.397 bits per heavy atom. The summed E-state index contributed by atoms with van der Waals surface area (Å²) in [4.78, 5) is 12.4. The second-order valence-corrected chi connectivity index (χ2v) is 16.5. The molecule has 0 aromatic rings. The maximum atomic E-state index is 12.4. The normalized spacial score (nSPS) is 14.2. The van der Waals surface area contributed by atoms with E-state index in [0.717, 1.165) is 109 Å². The molecular formula is C59H95NO3. The van der Waals surface area contributed by atoms with E-state index in [0.29, 0.717) is 6.42 Å². The van der Waals surface area contributed by atoms with Crippen molar-refractivity contribution >= 4 is 5.91 Å². The van der Waals surface area contributed by atoms with Crippen molar-refractivity contribution in [2.75, 3.05) is 6.61 Å². The molecule has 0 spiro atoms. The van der Waals surface area contributed by atoms with Crippen LogP contribution in [0.4, 0.5) is 0 Å². The van der Waals surface area contributed by atoms with Crippen LogP contribution in [0.25, 0.3) is 0 Å². The fourth-order valence-electron chi connectivity index (χ4n) is 6.69. The molecule has 0 fully saturated rings. The van der Waals surface area contributed by atoms with Gasteiger partial charge in [0.15, 0.2) is 0 Å². The van der Waals surface area contributed by atoms with Crippen molar-refractivity contribution in [3.8, 4) is 0 Å². The molecule has 0 aromatic carbocycles. The number of carbonyl (C=O) groups excluding carboxylic acids is 1. The Morgan fingerprint density at radius 2 is 0.714 bits per heavy atom. The monoisotopic (exact) mass is 866 g/mol. The second kappa shape index (κ2) is 52.6. The number of amides is 1. The van der Waals surface area contributed by atoms with Gasteiger partial charge in [0, 0.05) is 6.42 Å². The SMILES string of the molecule is CC/C=C\C/C=C\C/C=C\C/C=C\C/C=C\C/C=C\C/C=C\C/C=C\C/C=C\C/C=C\CCCCCCCCCCC(=O)NC(CO)C(O)/C=C/CC/C=C/CCCCCCCC. The standard InChI is InChI=1S/C59H95NO3/c1-3-5-7-9-11-13-15-17-18-19-20-21-22-23-24-25-26-27-28-29-30-31-32-33-34-35-36-37-38-39-40-41-42-43-45-47-49-51-53-55-59(63)60-57(56-61)58(62)54-52-50-48-46-44-16-14-12-10-8-6-4-2/h5,7,11,13,17-18,20-21,23-24,26-27,29-30,32-33,35-36,38-39,44,46,52,54,57-58,61-62H,3-4,6,8-10,12,14-16,19,22,25,28,31,34,37,40-43,45,47-51,53,55-56H2,1-2H3,(H,60,63)/b7-5-,13-11-,18-17-,21-20-,24-23-,27-26-,30-29-,33-32-,36-35-,39-38-,46-44+,54-52+. The van der Waals surface area contributed by atoms with Crippen LogP contribution in [-0.2, 0) is 4.79 Å². The van der Waals surface area contributed by atoms with Crippen LogP contribution < -0.4 is 5.32 Å². The molecule has 3 N–H and O–H groups in total. The topological polar surface area (TPSA) is 69.6 Å². The van der Waals surface area contributed by atoms with Crippen LogP contribution in [0.5, 0.6) is 0 Å². The molecule has 354 valence electrons. The molecule has 0 aliphatic heterocycles. The highest BCUT2D eigenvalue weighted by molar-refractivity contribution is 5.76. The number of aliphatic hydroxyl groups is 2. The minimum absolute atomic E-state index is 0.0909. The summed E-state index contributed by atoms with van der Waals surface area (Å²) >= 11 is 0. The van der Waals surface area contributed by atoms with Crippen molar-refractivity contribution in [1.82, 2.24) is 5.32 Å². The number of hydrogen-bond donors (Lipinski definition) is 3. The summed E-state index contributed by atoms with van der Waals surface area (Å²) in [6.45, 7) is 4.14. The van der Waals surface area contributed by atoms with E-state index in [1.165, 1.54) is 70.6 Å². The highest BCUT2D eigenvalue weighted by atomic mass is 16.3. The molecule has 0 bridgehead atoms. The first-order valence-corrected chi connectivity index (χ1v) is 25.5. The molecular weight excluding hydrogens is 771 g/mol. The Labute approximate surface area is 389 Å². The van der Waals surface area contributed by atoms with Gasteiger partial charge in [0.25, 0.3) is 0 Å². The molecule has 0 heterocycles. The predicted molar refractivity (Wildman–Crippen MR) is 280 cm³/mol. The van der Waals surface area contributed by atoms with Gasteiger partial charge in [-0.3, -0.25) is 4.79 Å². The van der Waals surface area contributed by atoms with Crippen molar-refractivity contribution in [3.05, 3.63) is 146 Å². The summed E-state index contributed by atoms with van der Waals surface area (Å²) in [5.74, 6) is -0.0909. The molecule has 4 nitrogen and oxygen atoms in total. The van der Waals surface area contributed by atoms with Gasteiger partial charge in [-0.1, -0.05) is 230 Å². The Bertz CT molecular complexity index is 1350. The zero-order chi connectivity index (χ0) is 45.6. The number of nitrogens with one attached hydrogen (secondary N) is 1. The number of allylic oxidation sites excluding steroid dienone is 23. The molecule has 0 saturated heterocycles. The third-order valence-electron chi connectivity index (χ3n) is 10.6. The fraction of sp³-hybridized carbons (Fsp3) is 0.576. The molecule has 0 aliphatic rings. The van der Waals surface area contributed by atoms with Crippen LogP contribution in [0.2, 0.25) is 0 Å². The van der Waals surface area contributed by atoms with Crippen molar-refractivity contribution in [1.29, 1.82) is 0 Å². The van der Waals surface area contributed by atoms with Crippen molar-refractivity contribution in [3.63, 3.8) is 0 Å². The second-order valence-electron chi connectivity index (χ2n) is 16.5. The van der Waals surface area contributed by atoms with E-state index in [4.69, 9.17) is 0 Å². The van der Waals surface area contributed by atoms with E-state index in [2.05, 4.69) is 153 Å². The van der Waals surface area contributed by atoms with Gasteiger partial charge < -0.3 is 15.5 Å². The lowest BCUT2D eigenvalue weighted by Gasteiger charge is -2.19. The molecule has 4 heteroatoms. The number of unbranched alkanes of at least 4 members (excludes halogenated alkanes) is 15. The zero-order valence-electron chi connectivity index (χ0n) is 40.5. The minimum atomic E-state index is -0.874. The Balaban J connectivity index is 3.67. The van der Waals surface area contributed by atoms with E-state index >= 15 is 0 Å². The Morgan fingerprint density at radius 3 is 1.11 bits per heavy atom. The van der Waals surface area contributed by atoms with Crippen LogP contribution in [0.3, 0.4) is 0 Å². The number of hydrogen-bond acceptors (Lipinski definition) is 3. The number of carbonyl (C=O) groups is 1. The summed E-state index contributed by atoms with van der Waals surface area (Å²) in [6.07, 6.45) is 84.1. The van der Waals surface area contributed by atoms with Gasteiger partial charge in [0.2, 0.25) is 5.91 Å². The van der Waals surface area contributed by atoms with Crippen LogP contribution in [0, 0.1) is 0 Å². The average molecular weight is 866 g/mol. The maximum Gasteiger partial charge on any atom is 0.220 e. The highest BCUT2D eigenvalue weighted by Gasteiger charge is 2.17. The lowest BCUT2D eigenvalue weighted by molar-refractivity contribution is -0.123. The van der Waals surface area contributed by atoms with Gasteiger partial charge in [0.05, 0.1) is 18.8 Å². The summed E-state index contributed by atoms with van der Waals surface area (Å²) in [7, 11) is 0. The van der Waals surface area contributed by atoms with Gasteiger partial charge in [-0.15, -0.1) is 0 Å². The molecule has 63 heavy (non-hydrogen) atoms. The van der Waals surface area contributed by atoms with Gasteiger partial charge >= 0.3 is 0 Å². The molecule has 0 rings (SSSR count). The molecule has 2 atom stereocenters. The number of aliphatic hydroxyl groups excluding tert-OH is 2. The Kier molecular flexibility index (Phi) is 49.5. The van der Waals surface area contributed by atoms with E-state index in [-0.39, 0.29) is 12.5 Å². The molecule has 0 saturated carbocycles. The first-order chi connectivity index (χ1) is 31.2. The highest BCUT2D eigenvalue weighted by Crippen LogP contribution is 2.12. The first-order valence-electron chi connectivity index (χ1n) is 25.5. The van der Waals surface area contributed by atoms with Gasteiger partial charge in [-0.2, -0.15) is 0 Å². The van der Waals surface area contributed by atoms with Crippen molar-refractivity contribution in [2.24, 2.45) is 0 Å². The van der Waals surface area contributed by atoms with E-state index < -0.39 is 12.1 Å². The summed E-state index contributed by atoms with van der Waals surface area (Å²) in [5.41, 5.74) is 0. The van der Waals surface area contributed by atoms with Gasteiger partial charge in [-0.05, 0) is 109 Å². The molecule has 0 aromatic heterocycles. The third-order valence-corrected chi connectivity index (χ3v) is 10.6. The molecule has 0 radical (unpaired) electrons. The molecule has 0 aliphatic carbocycles. The van der Waals surface area contributed by atoms with E-state index in [1.54, 1.807) is 6.08 Å². The van der Waals surface area contributed by atoms with E-state index in [1.807, 2.05) is 6.08 Å². The summed E-state index contributed by atoms with van der Waals surface area (Å²) < 4.78 is 0. The molecule has 1 amide bonds. The summed E-state index contributed by atoms with van der Waals surface area (Å²) in [5, 5.41) is 23.0. The van der Waals surface area contributed by atoms with Crippen molar-refractivity contribution in [2.45, 2.75) is 212 Å². The molecule has 2 unspecified atom stereocenters. The zero-order valence-corrected chi connectivity index (χ0v) is 40.5. The smallest absolute Gasteiger partial charge is 0.220 e. The predicted octanol–water partition coefficient (Wildman–Crippen LogP) is 16.9. The first kappa shape index (κ1) is 59.3. The van der Waals surface area contributed by atoms with E-state index in [9.17, 15) is 15.0 Å². The van der Waals surface area contributed by atoms with Gasteiger partial charge in [0.1, 0.15) is 0 Å². The Hall–Kier alpha value is -3.73. The number of rotatable bonds is 44. The maximum absolute atomic E-state index is 12.4. The quantitative estimate of drug-likeness (QED) is 0.0422. The fourth-order valence-corrected chi connectivity index (χ4v) is 6.69. The van der Waals surface area contributed by atoms with Crippen molar-refractivity contribution < 1.29 is 15.0 Å².